The van der Waals surface area contributed by atoms with E-state index in [1.807, 2.05) is 36.0 Å². The average molecular weight is 270 g/mol. The van der Waals surface area contributed by atoms with E-state index in [0.29, 0.717) is 0 Å². The minimum atomic E-state index is 0.985. The summed E-state index contributed by atoms with van der Waals surface area (Å²) in [7, 11) is 3.59. The smallest absolute Gasteiger partial charge is 0.115 e. The van der Waals surface area contributed by atoms with E-state index in [1.165, 1.54) is 19.5 Å². The van der Waals surface area contributed by atoms with Crippen molar-refractivity contribution in [1.82, 2.24) is 0 Å². The van der Waals surface area contributed by atoms with Gasteiger partial charge in [-0.15, -0.1) is 11.3 Å². The van der Waals surface area contributed by atoms with Crippen molar-refractivity contribution in [3.05, 3.63) is 33.4 Å². The number of furan rings is 1. The highest BCUT2D eigenvalue weighted by Crippen LogP contribution is 2.43. The normalized spacial score (nSPS) is 11.0. The first-order chi connectivity index (χ1) is 7.56. The quantitative estimate of drug-likeness (QED) is 0.696. The Labute approximate surface area is 108 Å². The lowest BCUT2D eigenvalue weighted by molar-refractivity contribution is 0.499. The Bertz CT molecular complexity index is 450. The molecule has 2 rings (SSSR count). The Morgan fingerprint density at radius 3 is 2.19 bits per heavy atom. The maximum atomic E-state index is 5.51. The number of hydrogen-bond donors (Lipinski definition) is 0. The summed E-state index contributed by atoms with van der Waals surface area (Å²) < 4.78 is 5.51. The van der Waals surface area contributed by atoms with E-state index in [2.05, 4.69) is 26.0 Å². The molecule has 4 heteroatoms. The molecule has 0 aliphatic rings. The molecule has 0 atom stereocenters. The van der Waals surface area contributed by atoms with E-state index >= 15 is 0 Å². The van der Waals surface area contributed by atoms with Crippen LogP contribution in [0.5, 0.6) is 0 Å². The Kier molecular flexibility index (Phi) is 3.72. The summed E-state index contributed by atoms with van der Waals surface area (Å²) in [5, 5.41) is 0. The molecule has 2 heterocycles. The topological polar surface area (TPSA) is 13.1 Å². The summed E-state index contributed by atoms with van der Waals surface area (Å²) in [4.78, 5) is 5.37. The lowest BCUT2D eigenvalue weighted by Gasteiger charge is -1.97. The molecule has 0 spiro atoms. The molecule has 0 fully saturated rings. The summed E-state index contributed by atoms with van der Waals surface area (Å²) in [6.07, 6.45) is 0. The molecule has 0 aliphatic carbocycles. The van der Waals surface area contributed by atoms with E-state index in [4.69, 9.17) is 4.42 Å². The van der Waals surface area contributed by atoms with Gasteiger partial charge in [0.25, 0.3) is 0 Å². The molecule has 0 amide bonds. The third kappa shape index (κ3) is 2.67. The number of hydrogen-bond acceptors (Lipinski definition) is 4. The molecule has 0 bridgehead atoms. The van der Waals surface area contributed by atoms with Crippen molar-refractivity contribution in [3.63, 3.8) is 0 Å². The fraction of sp³-hybridized carbons (Fsp3) is 0.333. The maximum absolute atomic E-state index is 5.51. The number of aryl methyl sites for hydroxylation is 4. The zero-order valence-corrected chi connectivity index (χ0v) is 12.2. The molecule has 0 saturated carbocycles. The molecule has 0 aromatic carbocycles. The van der Waals surface area contributed by atoms with Gasteiger partial charge in [-0.2, -0.15) is 0 Å². The molecule has 1 nitrogen and oxygen atoms in total. The minimum absolute atomic E-state index is 0.985. The van der Waals surface area contributed by atoms with Crippen molar-refractivity contribution < 1.29 is 4.42 Å². The van der Waals surface area contributed by atoms with Crippen LogP contribution < -0.4 is 0 Å². The molecule has 0 radical (unpaired) electrons. The van der Waals surface area contributed by atoms with Gasteiger partial charge in [0.1, 0.15) is 11.5 Å². The Morgan fingerprint density at radius 2 is 1.69 bits per heavy atom. The van der Waals surface area contributed by atoms with Crippen LogP contribution in [-0.2, 0) is 0 Å². The summed E-state index contributed by atoms with van der Waals surface area (Å²) in [5.41, 5.74) is 0. The van der Waals surface area contributed by atoms with Crippen molar-refractivity contribution in [2.24, 2.45) is 0 Å². The second-order valence-corrected chi connectivity index (χ2v) is 7.40. The Morgan fingerprint density at radius 1 is 1.00 bits per heavy atom. The highest BCUT2D eigenvalue weighted by atomic mass is 33.1. The van der Waals surface area contributed by atoms with Crippen molar-refractivity contribution in [1.29, 1.82) is 0 Å². The zero-order valence-electron chi connectivity index (χ0n) is 9.79. The molecule has 0 saturated heterocycles. The van der Waals surface area contributed by atoms with E-state index < -0.39 is 0 Å². The van der Waals surface area contributed by atoms with Gasteiger partial charge in [0, 0.05) is 14.6 Å². The van der Waals surface area contributed by atoms with Gasteiger partial charge in [-0.25, -0.2) is 0 Å². The summed E-state index contributed by atoms with van der Waals surface area (Å²) in [5.74, 6) is 2.00. The van der Waals surface area contributed by atoms with E-state index in [9.17, 15) is 0 Å². The van der Waals surface area contributed by atoms with Gasteiger partial charge in [-0.3, -0.25) is 0 Å². The molecular weight excluding hydrogens is 256 g/mol. The lowest BCUT2D eigenvalue weighted by Crippen LogP contribution is -1.67. The maximum Gasteiger partial charge on any atom is 0.115 e. The van der Waals surface area contributed by atoms with Crippen LogP contribution in [-0.4, -0.2) is 0 Å². The Hall–Kier alpha value is -0.320. The van der Waals surface area contributed by atoms with Crippen molar-refractivity contribution in [3.8, 4) is 0 Å². The van der Waals surface area contributed by atoms with Crippen LogP contribution in [0, 0.1) is 27.7 Å². The Balaban J connectivity index is 2.07. The second kappa shape index (κ2) is 4.90. The number of rotatable bonds is 3. The molecule has 2 aromatic rings. The average Bonchev–Trinajstić information content (AvgIpc) is 2.66. The van der Waals surface area contributed by atoms with Gasteiger partial charge in [0.05, 0.1) is 4.90 Å². The molecule has 2 aromatic heterocycles. The summed E-state index contributed by atoms with van der Waals surface area (Å²) in [6, 6.07) is 4.35. The molecule has 86 valence electrons. The van der Waals surface area contributed by atoms with Crippen molar-refractivity contribution in [2.45, 2.75) is 37.5 Å². The molecule has 16 heavy (non-hydrogen) atoms. The second-order valence-electron chi connectivity index (χ2n) is 3.72. The summed E-state index contributed by atoms with van der Waals surface area (Å²) in [6.45, 7) is 8.33. The van der Waals surface area contributed by atoms with Crippen molar-refractivity contribution in [2.75, 3.05) is 0 Å². The first-order valence-electron chi connectivity index (χ1n) is 5.05. The first kappa shape index (κ1) is 12.1. The van der Waals surface area contributed by atoms with Gasteiger partial charge < -0.3 is 4.42 Å². The standard InChI is InChI=1S/C12H14OS3/c1-7-5-11(9(3)13-7)15-16-12-6-8(2)14-10(12)4/h5-6H,1-4H3. The molecule has 0 unspecified atom stereocenters. The first-order valence-corrected chi connectivity index (χ1v) is 8.01. The highest BCUT2D eigenvalue weighted by molar-refractivity contribution is 8.76. The highest BCUT2D eigenvalue weighted by Gasteiger charge is 2.09. The van der Waals surface area contributed by atoms with Crippen LogP contribution in [0.15, 0.2) is 26.3 Å². The van der Waals surface area contributed by atoms with Crippen molar-refractivity contribution >= 4 is 32.9 Å². The van der Waals surface area contributed by atoms with Gasteiger partial charge in [0.2, 0.25) is 0 Å². The zero-order chi connectivity index (χ0) is 11.7. The fourth-order valence-corrected chi connectivity index (χ4v) is 5.22. The predicted molar refractivity (Wildman–Crippen MR) is 73.7 cm³/mol. The fourth-order valence-electron chi connectivity index (χ4n) is 1.47. The number of thiophene rings is 1. The van der Waals surface area contributed by atoms with Gasteiger partial charge >= 0.3 is 0 Å². The molecule has 0 aliphatic heterocycles. The van der Waals surface area contributed by atoms with Gasteiger partial charge in [-0.1, -0.05) is 10.8 Å². The van der Waals surface area contributed by atoms with Crippen LogP contribution in [0.2, 0.25) is 0 Å². The molecular formula is C12H14OS3. The van der Waals surface area contributed by atoms with Crippen LogP contribution in [0.4, 0.5) is 0 Å². The van der Waals surface area contributed by atoms with E-state index in [-0.39, 0.29) is 0 Å². The van der Waals surface area contributed by atoms with Crippen LogP contribution >= 0.6 is 32.9 Å². The van der Waals surface area contributed by atoms with Crippen LogP contribution in [0.1, 0.15) is 21.3 Å². The van der Waals surface area contributed by atoms with Crippen LogP contribution in [0.25, 0.3) is 0 Å². The summed E-state index contributed by atoms with van der Waals surface area (Å²) >= 11 is 1.86. The van der Waals surface area contributed by atoms with E-state index in [1.54, 1.807) is 10.8 Å². The largest absolute Gasteiger partial charge is 0.465 e. The minimum Gasteiger partial charge on any atom is -0.465 e. The SMILES string of the molecule is Cc1cc(SSc2cc(C)sc2C)c(C)o1. The third-order valence-corrected chi connectivity index (χ3v) is 5.91. The van der Waals surface area contributed by atoms with Gasteiger partial charge in [-0.05, 0) is 50.6 Å². The van der Waals surface area contributed by atoms with Gasteiger partial charge in [0.15, 0.2) is 0 Å². The van der Waals surface area contributed by atoms with E-state index in [0.717, 1.165) is 11.5 Å². The molecule has 0 N–H and O–H groups in total. The lowest BCUT2D eigenvalue weighted by atomic mass is 10.4. The predicted octanol–water partition coefficient (Wildman–Crippen LogP) is 5.37. The van der Waals surface area contributed by atoms with Crippen LogP contribution in [0.3, 0.4) is 0 Å². The third-order valence-electron chi connectivity index (χ3n) is 2.21. The monoisotopic (exact) mass is 270 g/mol.